The Labute approximate surface area is 74.5 Å². The molecule has 2 heteroatoms. The van der Waals surface area contributed by atoms with Crippen molar-refractivity contribution in [3.63, 3.8) is 0 Å². The van der Waals surface area contributed by atoms with E-state index in [9.17, 15) is 0 Å². The van der Waals surface area contributed by atoms with Crippen LogP contribution in [0.25, 0.3) is 0 Å². The Kier molecular flexibility index (Phi) is 4.05. The summed E-state index contributed by atoms with van der Waals surface area (Å²) in [5.74, 6) is 0. The fourth-order valence-electron chi connectivity index (χ4n) is 1.29. The molecule has 0 radical (unpaired) electrons. The van der Waals surface area contributed by atoms with Crippen LogP contribution in [0.1, 0.15) is 6.92 Å². The molecule has 0 aliphatic carbocycles. The van der Waals surface area contributed by atoms with Crippen molar-refractivity contribution in [3.8, 4) is 0 Å². The van der Waals surface area contributed by atoms with E-state index >= 15 is 0 Å². The van der Waals surface area contributed by atoms with Gasteiger partial charge in [0.25, 0.3) is 0 Å². The first-order valence-corrected chi connectivity index (χ1v) is 4.44. The Hall–Kier alpha value is -0.600. The Morgan fingerprint density at radius 3 is 2.67 bits per heavy atom. The van der Waals surface area contributed by atoms with Crippen molar-refractivity contribution in [2.75, 3.05) is 32.8 Å². The molecule has 12 heavy (non-hydrogen) atoms. The molecule has 0 N–H and O–H groups in total. The smallest absolute Gasteiger partial charge is 0.0594 e. The summed E-state index contributed by atoms with van der Waals surface area (Å²) in [6.07, 6.45) is 4.04. The summed E-state index contributed by atoms with van der Waals surface area (Å²) in [5.41, 5.74) is 1.30. The van der Waals surface area contributed by atoms with Crippen LogP contribution in [-0.2, 0) is 4.74 Å². The second kappa shape index (κ2) is 5.12. The van der Waals surface area contributed by atoms with Gasteiger partial charge in [-0.3, -0.25) is 4.90 Å². The van der Waals surface area contributed by atoms with Crippen molar-refractivity contribution in [3.05, 3.63) is 24.3 Å². The Balaban J connectivity index is 2.33. The van der Waals surface area contributed by atoms with Gasteiger partial charge in [-0.15, -0.1) is 0 Å². The SMILES string of the molecule is C=CC(=CC)CN1CCOCC1. The van der Waals surface area contributed by atoms with Crippen LogP contribution >= 0.6 is 0 Å². The van der Waals surface area contributed by atoms with Gasteiger partial charge in [-0.2, -0.15) is 0 Å². The van der Waals surface area contributed by atoms with E-state index in [4.69, 9.17) is 4.74 Å². The van der Waals surface area contributed by atoms with Crippen LogP contribution in [0.3, 0.4) is 0 Å². The molecule has 0 aromatic carbocycles. The third-order valence-corrected chi connectivity index (χ3v) is 2.14. The normalized spacial score (nSPS) is 20.9. The van der Waals surface area contributed by atoms with E-state index in [1.165, 1.54) is 5.57 Å². The molecule has 68 valence electrons. The molecule has 0 bridgehead atoms. The second-order valence-electron chi connectivity index (χ2n) is 2.96. The third kappa shape index (κ3) is 2.80. The van der Waals surface area contributed by atoms with Gasteiger partial charge < -0.3 is 4.74 Å². The molecule has 1 heterocycles. The standard InChI is InChI=1S/C10H17NO/c1-3-10(4-2)9-11-5-7-12-8-6-11/h3-4H,1,5-9H2,2H3. The predicted molar refractivity (Wildman–Crippen MR) is 51.2 cm³/mol. The maximum atomic E-state index is 5.26. The molecule has 0 aromatic heterocycles. The van der Waals surface area contributed by atoms with E-state index in [1.54, 1.807) is 0 Å². The highest BCUT2D eigenvalue weighted by Crippen LogP contribution is 2.03. The van der Waals surface area contributed by atoms with Gasteiger partial charge in [-0.05, 0) is 12.5 Å². The molecule has 0 saturated carbocycles. The van der Waals surface area contributed by atoms with E-state index in [-0.39, 0.29) is 0 Å². The Bertz CT molecular complexity index is 169. The van der Waals surface area contributed by atoms with E-state index in [0.717, 1.165) is 32.8 Å². The van der Waals surface area contributed by atoms with E-state index in [2.05, 4.69) is 24.5 Å². The molecule has 1 rings (SSSR count). The fraction of sp³-hybridized carbons (Fsp3) is 0.600. The van der Waals surface area contributed by atoms with E-state index in [1.807, 2.05) is 6.08 Å². The second-order valence-corrected chi connectivity index (χ2v) is 2.96. The molecule has 1 aliphatic heterocycles. The maximum absolute atomic E-state index is 5.26. The summed E-state index contributed by atoms with van der Waals surface area (Å²) in [7, 11) is 0. The number of allylic oxidation sites excluding steroid dienone is 1. The average Bonchev–Trinajstić information content (AvgIpc) is 2.16. The first-order valence-electron chi connectivity index (χ1n) is 4.44. The minimum atomic E-state index is 0.869. The minimum absolute atomic E-state index is 0.869. The van der Waals surface area contributed by atoms with Gasteiger partial charge in [-0.1, -0.05) is 18.7 Å². The van der Waals surface area contributed by atoms with Crippen molar-refractivity contribution in [1.82, 2.24) is 4.90 Å². The first-order chi connectivity index (χ1) is 5.86. The van der Waals surface area contributed by atoms with Crippen molar-refractivity contribution < 1.29 is 4.74 Å². The van der Waals surface area contributed by atoms with Crippen LogP contribution in [0.4, 0.5) is 0 Å². The average molecular weight is 167 g/mol. The molecule has 1 aliphatic rings. The van der Waals surface area contributed by atoms with Crippen LogP contribution in [0, 0.1) is 0 Å². The zero-order valence-corrected chi connectivity index (χ0v) is 7.75. The molecular weight excluding hydrogens is 150 g/mol. The zero-order valence-electron chi connectivity index (χ0n) is 7.75. The summed E-state index contributed by atoms with van der Waals surface area (Å²) < 4.78 is 5.26. The zero-order chi connectivity index (χ0) is 8.81. The molecule has 0 aromatic rings. The largest absolute Gasteiger partial charge is 0.379 e. The molecule has 1 fully saturated rings. The minimum Gasteiger partial charge on any atom is -0.379 e. The van der Waals surface area contributed by atoms with Gasteiger partial charge in [0.1, 0.15) is 0 Å². The van der Waals surface area contributed by atoms with Gasteiger partial charge in [0, 0.05) is 19.6 Å². The van der Waals surface area contributed by atoms with Crippen LogP contribution in [0.2, 0.25) is 0 Å². The molecule has 0 atom stereocenters. The van der Waals surface area contributed by atoms with Crippen LogP contribution in [-0.4, -0.2) is 37.7 Å². The lowest BCUT2D eigenvalue weighted by Gasteiger charge is -2.26. The maximum Gasteiger partial charge on any atom is 0.0594 e. The molecule has 0 spiro atoms. The summed E-state index contributed by atoms with van der Waals surface area (Å²) in [5, 5.41) is 0. The summed E-state index contributed by atoms with van der Waals surface area (Å²) in [6.45, 7) is 10.7. The lowest BCUT2D eigenvalue weighted by atomic mass is 10.2. The quantitative estimate of drug-likeness (QED) is 0.590. The van der Waals surface area contributed by atoms with Crippen LogP contribution < -0.4 is 0 Å². The van der Waals surface area contributed by atoms with Crippen molar-refractivity contribution >= 4 is 0 Å². The summed E-state index contributed by atoms with van der Waals surface area (Å²) >= 11 is 0. The number of morpholine rings is 1. The topological polar surface area (TPSA) is 12.5 Å². The number of hydrogen-bond donors (Lipinski definition) is 0. The number of hydrogen-bond acceptors (Lipinski definition) is 2. The third-order valence-electron chi connectivity index (χ3n) is 2.14. The van der Waals surface area contributed by atoms with Crippen molar-refractivity contribution in [1.29, 1.82) is 0 Å². The molecular formula is C10H17NO. The van der Waals surface area contributed by atoms with Crippen molar-refractivity contribution in [2.45, 2.75) is 6.92 Å². The van der Waals surface area contributed by atoms with Crippen LogP contribution in [0.15, 0.2) is 24.3 Å². The van der Waals surface area contributed by atoms with Gasteiger partial charge in [0.2, 0.25) is 0 Å². The molecule has 0 amide bonds. The highest BCUT2D eigenvalue weighted by Gasteiger charge is 2.09. The Morgan fingerprint density at radius 2 is 2.17 bits per heavy atom. The lowest BCUT2D eigenvalue weighted by Crippen LogP contribution is -2.37. The molecule has 1 saturated heterocycles. The summed E-state index contributed by atoms with van der Waals surface area (Å²) in [6, 6.07) is 0. The number of nitrogens with zero attached hydrogens (tertiary/aromatic N) is 1. The number of ether oxygens (including phenoxy) is 1. The van der Waals surface area contributed by atoms with Gasteiger partial charge in [0.15, 0.2) is 0 Å². The number of rotatable bonds is 3. The first kappa shape index (κ1) is 9.49. The predicted octanol–water partition coefficient (Wildman–Crippen LogP) is 1.45. The summed E-state index contributed by atoms with van der Waals surface area (Å²) in [4.78, 5) is 2.39. The highest BCUT2D eigenvalue weighted by molar-refractivity contribution is 5.16. The molecule has 0 unspecified atom stereocenters. The lowest BCUT2D eigenvalue weighted by molar-refractivity contribution is 0.0426. The Morgan fingerprint density at radius 1 is 1.50 bits per heavy atom. The van der Waals surface area contributed by atoms with Gasteiger partial charge >= 0.3 is 0 Å². The van der Waals surface area contributed by atoms with Crippen LogP contribution in [0.5, 0.6) is 0 Å². The van der Waals surface area contributed by atoms with Crippen molar-refractivity contribution in [2.24, 2.45) is 0 Å². The van der Waals surface area contributed by atoms with Gasteiger partial charge in [-0.25, -0.2) is 0 Å². The fourth-order valence-corrected chi connectivity index (χ4v) is 1.29. The highest BCUT2D eigenvalue weighted by atomic mass is 16.5. The van der Waals surface area contributed by atoms with E-state index in [0.29, 0.717) is 0 Å². The van der Waals surface area contributed by atoms with Gasteiger partial charge in [0.05, 0.1) is 13.2 Å². The van der Waals surface area contributed by atoms with E-state index < -0.39 is 0 Å². The molecule has 2 nitrogen and oxygen atoms in total. The monoisotopic (exact) mass is 167 g/mol.